The molecule has 0 spiro atoms. The molecule has 1 aliphatic heterocycles. The van der Waals surface area contributed by atoms with Crippen LogP contribution in [-0.2, 0) is 0 Å². The molecule has 2 aromatic rings. The highest BCUT2D eigenvalue weighted by molar-refractivity contribution is 5.97. The Kier molecular flexibility index (Phi) is 4.78. The number of amides is 1. The van der Waals surface area contributed by atoms with Crippen molar-refractivity contribution in [2.75, 3.05) is 26.2 Å². The molecule has 0 bridgehead atoms. The molecule has 132 valence electrons. The first-order valence-corrected chi connectivity index (χ1v) is 9.30. The summed E-state index contributed by atoms with van der Waals surface area (Å²) in [6.45, 7) is 3.75. The number of carbonyl (C=O) groups is 1. The van der Waals surface area contributed by atoms with Crippen LogP contribution in [0.5, 0.6) is 0 Å². The number of rotatable bonds is 3. The Bertz CT molecular complexity index is 708. The van der Waals surface area contributed by atoms with Gasteiger partial charge in [-0.25, -0.2) is 0 Å². The third-order valence-corrected chi connectivity index (χ3v) is 5.49. The van der Waals surface area contributed by atoms with Crippen molar-refractivity contribution in [1.29, 1.82) is 0 Å². The number of carbonyl (C=O) groups excluding carboxylic acids is 1. The van der Waals surface area contributed by atoms with Gasteiger partial charge in [-0.1, -0.05) is 25.0 Å². The van der Waals surface area contributed by atoms with E-state index in [1.807, 2.05) is 29.2 Å². The molecule has 6 heteroatoms. The standard InChI is InChI=1S/C19H25N5O/c25-19(17-8-3-4-9-18(17)24-14-20-21-15-24)23-11-5-10-22(12-13-23)16-6-1-2-7-16/h3-4,8-9,14-16H,1-2,5-7,10-13H2. The minimum absolute atomic E-state index is 0.109. The zero-order valence-electron chi connectivity index (χ0n) is 14.5. The van der Waals surface area contributed by atoms with Crippen LogP contribution in [-0.4, -0.2) is 62.7 Å². The molecule has 6 nitrogen and oxygen atoms in total. The summed E-state index contributed by atoms with van der Waals surface area (Å²) in [4.78, 5) is 17.8. The van der Waals surface area contributed by atoms with Gasteiger partial charge in [0.1, 0.15) is 12.7 Å². The average molecular weight is 339 g/mol. The number of aromatic nitrogens is 3. The second kappa shape index (κ2) is 7.35. The molecule has 0 radical (unpaired) electrons. The summed E-state index contributed by atoms with van der Waals surface area (Å²) in [7, 11) is 0. The lowest BCUT2D eigenvalue weighted by Crippen LogP contribution is -2.38. The fraction of sp³-hybridized carbons (Fsp3) is 0.526. The molecule has 25 heavy (non-hydrogen) atoms. The zero-order valence-corrected chi connectivity index (χ0v) is 14.5. The van der Waals surface area contributed by atoms with Crippen LogP contribution in [0, 0.1) is 0 Å². The molecule has 1 aliphatic carbocycles. The summed E-state index contributed by atoms with van der Waals surface area (Å²) in [6, 6.07) is 8.44. The van der Waals surface area contributed by atoms with Gasteiger partial charge in [-0.2, -0.15) is 0 Å². The second-order valence-corrected chi connectivity index (χ2v) is 7.01. The Hall–Kier alpha value is -2.21. The monoisotopic (exact) mass is 339 g/mol. The molecule has 0 unspecified atom stereocenters. The van der Waals surface area contributed by atoms with Crippen LogP contribution in [0.15, 0.2) is 36.9 Å². The highest BCUT2D eigenvalue weighted by Crippen LogP contribution is 2.25. The fourth-order valence-electron chi connectivity index (χ4n) is 4.15. The van der Waals surface area contributed by atoms with E-state index in [0.717, 1.165) is 49.9 Å². The van der Waals surface area contributed by atoms with Crippen molar-refractivity contribution >= 4 is 5.91 Å². The molecule has 0 N–H and O–H groups in total. The maximum absolute atomic E-state index is 13.1. The summed E-state index contributed by atoms with van der Waals surface area (Å²) >= 11 is 0. The Labute approximate surface area is 148 Å². The van der Waals surface area contributed by atoms with Crippen LogP contribution < -0.4 is 0 Å². The van der Waals surface area contributed by atoms with Crippen molar-refractivity contribution in [3.05, 3.63) is 42.5 Å². The molecule has 1 amide bonds. The third-order valence-electron chi connectivity index (χ3n) is 5.49. The first-order chi connectivity index (χ1) is 12.3. The topological polar surface area (TPSA) is 54.3 Å². The summed E-state index contributed by atoms with van der Waals surface area (Å²) in [6.07, 6.45) is 9.69. The quantitative estimate of drug-likeness (QED) is 0.861. The Morgan fingerprint density at radius 2 is 1.68 bits per heavy atom. The average Bonchev–Trinajstić information content (AvgIpc) is 3.32. The van der Waals surface area contributed by atoms with Crippen LogP contribution in [0.3, 0.4) is 0 Å². The first-order valence-electron chi connectivity index (χ1n) is 9.30. The lowest BCUT2D eigenvalue weighted by atomic mass is 10.1. The molecule has 0 atom stereocenters. The van der Waals surface area contributed by atoms with E-state index in [-0.39, 0.29) is 5.91 Å². The third kappa shape index (κ3) is 3.44. The van der Waals surface area contributed by atoms with E-state index >= 15 is 0 Å². The lowest BCUT2D eigenvalue weighted by Gasteiger charge is -2.27. The molecule has 1 aromatic heterocycles. The van der Waals surface area contributed by atoms with Gasteiger partial charge in [-0.3, -0.25) is 14.3 Å². The van der Waals surface area contributed by atoms with Crippen LogP contribution in [0.25, 0.3) is 5.69 Å². The fourth-order valence-corrected chi connectivity index (χ4v) is 4.15. The maximum Gasteiger partial charge on any atom is 0.256 e. The minimum atomic E-state index is 0.109. The van der Waals surface area contributed by atoms with Crippen LogP contribution in [0.2, 0.25) is 0 Å². The van der Waals surface area contributed by atoms with E-state index in [9.17, 15) is 4.79 Å². The van der Waals surface area contributed by atoms with E-state index < -0.39 is 0 Å². The zero-order chi connectivity index (χ0) is 17.1. The highest BCUT2D eigenvalue weighted by atomic mass is 16.2. The van der Waals surface area contributed by atoms with Gasteiger partial charge < -0.3 is 4.90 Å². The maximum atomic E-state index is 13.1. The number of nitrogens with zero attached hydrogens (tertiary/aromatic N) is 5. The van der Waals surface area contributed by atoms with Crippen molar-refractivity contribution in [2.45, 2.75) is 38.1 Å². The molecule has 2 fully saturated rings. The highest BCUT2D eigenvalue weighted by Gasteiger charge is 2.27. The van der Waals surface area contributed by atoms with Gasteiger partial charge in [0.2, 0.25) is 0 Å². The predicted octanol–water partition coefficient (Wildman–Crippen LogP) is 2.36. The molecule has 2 heterocycles. The van der Waals surface area contributed by atoms with Gasteiger partial charge >= 0.3 is 0 Å². The van der Waals surface area contributed by atoms with Gasteiger partial charge in [0.15, 0.2) is 0 Å². The second-order valence-electron chi connectivity index (χ2n) is 7.01. The molecule has 1 aromatic carbocycles. The van der Waals surface area contributed by atoms with Gasteiger partial charge in [-0.15, -0.1) is 10.2 Å². The largest absolute Gasteiger partial charge is 0.337 e. The summed E-state index contributed by atoms with van der Waals surface area (Å²) in [5.74, 6) is 0.109. The number of hydrogen-bond acceptors (Lipinski definition) is 4. The van der Waals surface area contributed by atoms with E-state index in [0.29, 0.717) is 0 Å². The number of hydrogen-bond donors (Lipinski definition) is 0. The van der Waals surface area contributed by atoms with E-state index in [1.54, 1.807) is 17.2 Å². The van der Waals surface area contributed by atoms with Crippen molar-refractivity contribution in [3.8, 4) is 5.69 Å². The van der Waals surface area contributed by atoms with Gasteiger partial charge in [0.05, 0.1) is 11.3 Å². The molecular formula is C19H25N5O. The Morgan fingerprint density at radius 3 is 2.48 bits per heavy atom. The number of benzene rings is 1. The van der Waals surface area contributed by atoms with Crippen molar-refractivity contribution in [3.63, 3.8) is 0 Å². The first kappa shape index (κ1) is 16.3. The Balaban J connectivity index is 1.50. The Morgan fingerprint density at radius 1 is 0.920 bits per heavy atom. The van der Waals surface area contributed by atoms with Gasteiger partial charge in [0, 0.05) is 32.2 Å². The minimum Gasteiger partial charge on any atom is -0.337 e. The molecule has 2 aliphatic rings. The molecule has 1 saturated carbocycles. The molecule has 4 rings (SSSR count). The van der Waals surface area contributed by atoms with Crippen molar-refractivity contribution in [2.24, 2.45) is 0 Å². The van der Waals surface area contributed by atoms with E-state index in [1.165, 1.54) is 25.7 Å². The van der Waals surface area contributed by atoms with Gasteiger partial charge in [0.25, 0.3) is 5.91 Å². The lowest BCUT2D eigenvalue weighted by molar-refractivity contribution is 0.0758. The molecular weight excluding hydrogens is 314 g/mol. The normalized spacial score (nSPS) is 19.9. The van der Waals surface area contributed by atoms with Crippen molar-refractivity contribution < 1.29 is 4.79 Å². The van der Waals surface area contributed by atoms with Gasteiger partial charge in [-0.05, 0) is 31.4 Å². The molecule has 1 saturated heterocycles. The summed E-state index contributed by atoms with van der Waals surface area (Å²) < 4.78 is 1.80. The predicted molar refractivity (Wildman–Crippen MR) is 95.7 cm³/mol. The van der Waals surface area contributed by atoms with Crippen LogP contribution >= 0.6 is 0 Å². The summed E-state index contributed by atoms with van der Waals surface area (Å²) in [5, 5.41) is 7.72. The number of para-hydroxylation sites is 1. The summed E-state index contributed by atoms with van der Waals surface area (Å²) in [5.41, 5.74) is 1.56. The van der Waals surface area contributed by atoms with E-state index in [4.69, 9.17) is 0 Å². The van der Waals surface area contributed by atoms with Crippen molar-refractivity contribution in [1.82, 2.24) is 24.6 Å². The van der Waals surface area contributed by atoms with E-state index in [2.05, 4.69) is 15.1 Å². The van der Waals surface area contributed by atoms with Crippen LogP contribution in [0.4, 0.5) is 0 Å². The SMILES string of the molecule is O=C(c1ccccc1-n1cnnc1)N1CCCN(C2CCCC2)CC1. The van der Waals surface area contributed by atoms with Crippen LogP contribution in [0.1, 0.15) is 42.5 Å². The smallest absolute Gasteiger partial charge is 0.256 e.